The Morgan fingerprint density at radius 2 is 2.12 bits per heavy atom. The van der Waals surface area contributed by atoms with Gasteiger partial charge in [0.05, 0.1) is 11.8 Å². The van der Waals surface area contributed by atoms with Crippen molar-refractivity contribution in [2.24, 2.45) is 11.8 Å². The van der Waals surface area contributed by atoms with Gasteiger partial charge in [0.1, 0.15) is 0 Å². The third kappa shape index (κ3) is 3.44. The minimum atomic E-state index is -4.22. The van der Waals surface area contributed by atoms with Crippen LogP contribution in [0, 0.1) is 24.2 Å². The Balaban J connectivity index is 2.51. The number of halogens is 3. The number of terminal acetylenes is 1. The van der Waals surface area contributed by atoms with E-state index in [0.717, 1.165) is 0 Å². The maximum Gasteiger partial charge on any atom is 0.391 e. The van der Waals surface area contributed by atoms with Crippen LogP contribution in [0.4, 0.5) is 13.2 Å². The van der Waals surface area contributed by atoms with Crippen LogP contribution in [0.2, 0.25) is 0 Å². The zero-order valence-corrected chi connectivity index (χ0v) is 8.72. The molecule has 1 fully saturated rings. The molecule has 1 aliphatic carbocycles. The first kappa shape index (κ1) is 12.9. The Morgan fingerprint density at radius 3 is 2.69 bits per heavy atom. The molecule has 2 unspecified atom stereocenters. The van der Waals surface area contributed by atoms with Crippen molar-refractivity contribution in [3.8, 4) is 12.3 Å². The van der Waals surface area contributed by atoms with E-state index in [4.69, 9.17) is 6.42 Å². The van der Waals surface area contributed by atoms with Gasteiger partial charge in [0, 0.05) is 0 Å². The van der Waals surface area contributed by atoms with E-state index in [1.165, 1.54) is 0 Å². The third-order valence-corrected chi connectivity index (χ3v) is 2.77. The van der Waals surface area contributed by atoms with E-state index < -0.39 is 24.0 Å². The molecular formula is C11H13F3O2. The lowest BCUT2D eigenvalue weighted by molar-refractivity contribution is -0.188. The Labute approximate surface area is 92.2 Å². The average Bonchev–Trinajstić information content (AvgIpc) is 2.25. The molecular weight excluding hydrogens is 221 g/mol. The number of ether oxygens (including phenoxy) is 1. The van der Waals surface area contributed by atoms with E-state index in [1.807, 2.05) is 0 Å². The average molecular weight is 234 g/mol. The summed E-state index contributed by atoms with van der Waals surface area (Å²) >= 11 is 0. The van der Waals surface area contributed by atoms with Gasteiger partial charge in [-0.25, -0.2) is 0 Å². The normalized spacial score (nSPS) is 25.9. The van der Waals surface area contributed by atoms with Crippen LogP contribution in [0.3, 0.4) is 0 Å². The summed E-state index contributed by atoms with van der Waals surface area (Å²) in [5.41, 5.74) is 0. The highest BCUT2D eigenvalue weighted by Crippen LogP contribution is 2.40. The predicted molar refractivity (Wildman–Crippen MR) is 51.3 cm³/mol. The number of rotatable bonds is 2. The number of hydrogen-bond acceptors (Lipinski definition) is 2. The zero-order chi connectivity index (χ0) is 12.2. The fourth-order valence-electron chi connectivity index (χ4n) is 1.93. The first-order chi connectivity index (χ1) is 7.45. The van der Waals surface area contributed by atoms with E-state index in [0.29, 0.717) is 12.8 Å². The van der Waals surface area contributed by atoms with Crippen molar-refractivity contribution in [1.82, 2.24) is 0 Å². The van der Waals surface area contributed by atoms with Gasteiger partial charge in [0.15, 0.2) is 6.61 Å². The first-order valence-electron chi connectivity index (χ1n) is 5.12. The van der Waals surface area contributed by atoms with Crippen LogP contribution in [-0.2, 0) is 9.53 Å². The summed E-state index contributed by atoms with van der Waals surface area (Å²) < 4.78 is 42.0. The van der Waals surface area contributed by atoms with Crippen LogP contribution in [0.25, 0.3) is 0 Å². The summed E-state index contributed by atoms with van der Waals surface area (Å²) in [6.45, 7) is -0.175. The van der Waals surface area contributed by atoms with E-state index >= 15 is 0 Å². The molecule has 2 nitrogen and oxygen atoms in total. The number of carbonyl (C=O) groups excluding carboxylic acids is 1. The van der Waals surface area contributed by atoms with E-state index in [1.54, 1.807) is 0 Å². The van der Waals surface area contributed by atoms with Crippen LogP contribution in [0.1, 0.15) is 25.7 Å². The van der Waals surface area contributed by atoms with Crippen molar-refractivity contribution in [1.29, 1.82) is 0 Å². The molecule has 0 aromatic carbocycles. The second-order valence-electron chi connectivity index (χ2n) is 3.91. The number of esters is 1. The lowest BCUT2D eigenvalue weighted by Crippen LogP contribution is -2.32. The molecule has 16 heavy (non-hydrogen) atoms. The standard InChI is InChI=1S/C11H13F3O2/c1-2-6-16-10(15)8-4-3-5-9(7-8)11(12,13)14/h1,8-9H,3-7H2. The van der Waals surface area contributed by atoms with Gasteiger partial charge in [-0.3, -0.25) is 4.79 Å². The smallest absolute Gasteiger partial charge is 0.391 e. The monoisotopic (exact) mass is 234 g/mol. The summed E-state index contributed by atoms with van der Waals surface area (Å²) in [5.74, 6) is -0.534. The molecule has 0 saturated heterocycles. The molecule has 2 atom stereocenters. The van der Waals surface area contributed by atoms with Crippen molar-refractivity contribution in [2.75, 3.05) is 6.61 Å². The number of carbonyl (C=O) groups is 1. The maximum atomic E-state index is 12.4. The Hall–Kier alpha value is -1.18. The zero-order valence-electron chi connectivity index (χ0n) is 8.72. The van der Waals surface area contributed by atoms with Crippen molar-refractivity contribution in [2.45, 2.75) is 31.9 Å². The molecule has 0 heterocycles. The molecule has 0 aromatic rings. The largest absolute Gasteiger partial charge is 0.452 e. The Morgan fingerprint density at radius 1 is 1.44 bits per heavy atom. The fraction of sp³-hybridized carbons (Fsp3) is 0.727. The summed E-state index contributed by atoms with van der Waals surface area (Å²) in [6, 6.07) is 0. The van der Waals surface area contributed by atoms with Crippen LogP contribution in [-0.4, -0.2) is 18.8 Å². The lowest BCUT2D eigenvalue weighted by atomic mass is 9.81. The molecule has 0 amide bonds. The molecule has 5 heteroatoms. The van der Waals surface area contributed by atoms with Gasteiger partial charge in [-0.05, 0) is 19.3 Å². The van der Waals surface area contributed by atoms with E-state index in [2.05, 4.69) is 10.7 Å². The number of hydrogen-bond donors (Lipinski definition) is 0. The maximum absolute atomic E-state index is 12.4. The van der Waals surface area contributed by atoms with Gasteiger partial charge in [0.25, 0.3) is 0 Å². The van der Waals surface area contributed by atoms with Crippen molar-refractivity contribution < 1.29 is 22.7 Å². The van der Waals surface area contributed by atoms with Crippen molar-refractivity contribution >= 4 is 5.97 Å². The lowest BCUT2D eigenvalue weighted by Gasteiger charge is -2.28. The third-order valence-electron chi connectivity index (χ3n) is 2.77. The van der Waals surface area contributed by atoms with Gasteiger partial charge < -0.3 is 4.74 Å². The Kier molecular flexibility index (Phi) is 4.22. The van der Waals surface area contributed by atoms with Gasteiger partial charge in [0.2, 0.25) is 0 Å². The van der Waals surface area contributed by atoms with Crippen LogP contribution >= 0.6 is 0 Å². The summed E-state index contributed by atoms with van der Waals surface area (Å²) in [5, 5.41) is 0. The van der Waals surface area contributed by atoms with E-state index in [-0.39, 0.29) is 19.4 Å². The second-order valence-corrected chi connectivity index (χ2v) is 3.91. The SMILES string of the molecule is C#CCOC(=O)C1CCCC(C(F)(F)F)C1. The molecule has 1 aliphatic rings. The van der Waals surface area contributed by atoms with Gasteiger partial charge in [-0.15, -0.1) is 6.42 Å². The van der Waals surface area contributed by atoms with Crippen molar-refractivity contribution in [3.63, 3.8) is 0 Å². The van der Waals surface area contributed by atoms with Gasteiger partial charge in [-0.1, -0.05) is 12.3 Å². The van der Waals surface area contributed by atoms with Crippen LogP contribution in [0.15, 0.2) is 0 Å². The first-order valence-corrected chi connectivity index (χ1v) is 5.12. The molecule has 0 aliphatic heterocycles. The highest BCUT2D eigenvalue weighted by Gasteiger charge is 2.43. The molecule has 0 aromatic heterocycles. The predicted octanol–water partition coefficient (Wildman–Crippen LogP) is 2.53. The molecule has 0 bridgehead atoms. The summed E-state index contributed by atoms with van der Waals surface area (Å²) in [6.07, 6.45) is 1.46. The van der Waals surface area contributed by atoms with Crippen molar-refractivity contribution in [3.05, 3.63) is 0 Å². The minimum absolute atomic E-state index is 0.0996. The quantitative estimate of drug-likeness (QED) is 0.542. The van der Waals surface area contributed by atoms with Gasteiger partial charge in [-0.2, -0.15) is 13.2 Å². The van der Waals surface area contributed by atoms with Crippen LogP contribution in [0.5, 0.6) is 0 Å². The highest BCUT2D eigenvalue weighted by molar-refractivity contribution is 5.72. The molecule has 0 N–H and O–H groups in total. The van der Waals surface area contributed by atoms with Crippen LogP contribution < -0.4 is 0 Å². The highest BCUT2D eigenvalue weighted by atomic mass is 19.4. The molecule has 90 valence electrons. The number of alkyl halides is 3. The molecule has 1 rings (SSSR count). The summed E-state index contributed by atoms with van der Waals surface area (Å²) in [4.78, 5) is 11.3. The Bertz CT molecular complexity index is 291. The summed E-state index contributed by atoms with van der Waals surface area (Å²) in [7, 11) is 0. The van der Waals surface area contributed by atoms with E-state index in [9.17, 15) is 18.0 Å². The second kappa shape index (κ2) is 5.24. The molecule has 0 spiro atoms. The minimum Gasteiger partial charge on any atom is -0.452 e. The topological polar surface area (TPSA) is 26.3 Å². The molecule has 1 saturated carbocycles. The molecule has 0 radical (unpaired) electrons. The van der Waals surface area contributed by atoms with Gasteiger partial charge >= 0.3 is 12.1 Å². The fourth-order valence-corrected chi connectivity index (χ4v) is 1.93.